The second-order valence-corrected chi connectivity index (χ2v) is 6.88. The molecule has 1 saturated heterocycles. The monoisotopic (exact) mass is 253 g/mol. The van der Waals surface area contributed by atoms with E-state index < -0.39 is 0 Å². The minimum atomic E-state index is 0.458. The van der Waals surface area contributed by atoms with Gasteiger partial charge in [0.05, 0.1) is 6.61 Å². The van der Waals surface area contributed by atoms with Crippen molar-refractivity contribution in [1.82, 2.24) is 5.32 Å². The first-order valence-corrected chi connectivity index (χ1v) is 8.01. The molecule has 0 aromatic carbocycles. The Bertz CT molecular complexity index is 225. The van der Waals surface area contributed by atoms with Gasteiger partial charge in [0, 0.05) is 18.6 Å². The summed E-state index contributed by atoms with van der Waals surface area (Å²) in [5, 5.41) is 3.71. The molecule has 2 fully saturated rings. The highest BCUT2D eigenvalue weighted by Crippen LogP contribution is 2.43. The molecular weight excluding hydrogens is 222 g/mol. The van der Waals surface area contributed by atoms with Gasteiger partial charge in [0.15, 0.2) is 0 Å². The third-order valence-corrected chi connectivity index (χ3v) is 4.88. The van der Waals surface area contributed by atoms with Crippen LogP contribution in [0.1, 0.15) is 58.8 Å². The molecule has 1 aliphatic heterocycles. The van der Waals surface area contributed by atoms with E-state index in [1.54, 1.807) is 0 Å². The second kappa shape index (κ2) is 6.91. The Hall–Kier alpha value is -0.0800. The summed E-state index contributed by atoms with van der Waals surface area (Å²) in [7, 11) is 0. The zero-order chi connectivity index (χ0) is 12.8. The molecule has 2 rings (SSSR count). The van der Waals surface area contributed by atoms with Gasteiger partial charge in [-0.15, -0.1) is 0 Å². The van der Waals surface area contributed by atoms with E-state index >= 15 is 0 Å². The highest BCUT2D eigenvalue weighted by atomic mass is 16.5. The van der Waals surface area contributed by atoms with E-state index in [1.807, 2.05) is 0 Å². The highest BCUT2D eigenvalue weighted by Gasteiger charge is 2.41. The van der Waals surface area contributed by atoms with Gasteiger partial charge >= 0.3 is 0 Å². The second-order valence-electron chi connectivity index (χ2n) is 6.88. The lowest BCUT2D eigenvalue weighted by atomic mass is 9.71. The van der Waals surface area contributed by atoms with E-state index in [4.69, 9.17) is 4.74 Å². The molecule has 1 aliphatic carbocycles. The fourth-order valence-corrected chi connectivity index (χ4v) is 3.73. The molecule has 1 unspecified atom stereocenters. The Morgan fingerprint density at radius 2 is 1.89 bits per heavy atom. The molecule has 0 spiro atoms. The van der Waals surface area contributed by atoms with Crippen LogP contribution >= 0.6 is 0 Å². The maximum absolute atomic E-state index is 5.77. The van der Waals surface area contributed by atoms with Crippen LogP contribution in [0.5, 0.6) is 0 Å². The van der Waals surface area contributed by atoms with Gasteiger partial charge in [-0.2, -0.15) is 0 Å². The summed E-state index contributed by atoms with van der Waals surface area (Å²) < 4.78 is 5.77. The maximum atomic E-state index is 5.77. The third-order valence-electron chi connectivity index (χ3n) is 4.88. The molecule has 0 amide bonds. The zero-order valence-corrected chi connectivity index (χ0v) is 12.3. The van der Waals surface area contributed by atoms with Crippen molar-refractivity contribution in [3.63, 3.8) is 0 Å². The first kappa shape index (κ1) is 14.3. The van der Waals surface area contributed by atoms with Crippen LogP contribution in [0.4, 0.5) is 0 Å². The van der Waals surface area contributed by atoms with Crippen molar-refractivity contribution in [2.24, 2.45) is 17.3 Å². The summed E-state index contributed by atoms with van der Waals surface area (Å²) in [6.45, 7) is 8.89. The molecule has 0 bridgehead atoms. The van der Waals surface area contributed by atoms with Gasteiger partial charge in [-0.05, 0) is 37.6 Å². The van der Waals surface area contributed by atoms with E-state index in [-0.39, 0.29) is 0 Å². The number of hydrogen-bond donors (Lipinski definition) is 1. The quantitative estimate of drug-likeness (QED) is 0.756. The van der Waals surface area contributed by atoms with Crippen LogP contribution in [0.3, 0.4) is 0 Å². The van der Waals surface area contributed by atoms with E-state index in [0.29, 0.717) is 5.41 Å². The summed E-state index contributed by atoms with van der Waals surface area (Å²) in [4.78, 5) is 0. The van der Waals surface area contributed by atoms with Crippen molar-refractivity contribution in [3.05, 3.63) is 0 Å². The lowest BCUT2D eigenvalue weighted by Gasteiger charge is -2.36. The van der Waals surface area contributed by atoms with E-state index in [0.717, 1.165) is 31.6 Å². The third kappa shape index (κ3) is 3.71. The van der Waals surface area contributed by atoms with Crippen LogP contribution in [-0.2, 0) is 4.74 Å². The minimum absolute atomic E-state index is 0.458. The van der Waals surface area contributed by atoms with Gasteiger partial charge in [-0.3, -0.25) is 0 Å². The minimum Gasteiger partial charge on any atom is -0.381 e. The SMILES string of the molecule is CC(C)CNCC1(C2CCCCCC2)CCOC1. The van der Waals surface area contributed by atoms with Crippen LogP contribution < -0.4 is 5.32 Å². The number of ether oxygens (including phenoxy) is 1. The van der Waals surface area contributed by atoms with Crippen LogP contribution in [0.2, 0.25) is 0 Å². The fourth-order valence-electron chi connectivity index (χ4n) is 3.73. The van der Waals surface area contributed by atoms with E-state index in [1.165, 1.54) is 51.5 Å². The smallest absolute Gasteiger partial charge is 0.0538 e. The highest BCUT2D eigenvalue weighted by molar-refractivity contribution is 4.92. The van der Waals surface area contributed by atoms with Gasteiger partial charge in [0.2, 0.25) is 0 Å². The molecule has 1 N–H and O–H groups in total. The molecule has 1 saturated carbocycles. The standard InChI is InChI=1S/C16H31NO/c1-14(2)11-17-12-16(9-10-18-13-16)15-7-5-3-4-6-8-15/h14-15,17H,3-13H2,1-2H3. The van der Waals surface area contributed by atoms with Crippen molar-refractivity contribution >= 4 is 0 Å². The fraction of sp³-hybridized carbons (Fsp3) is 1.00. The largest absolute Gasteiger partial charge is 0.381 e. The zero-order valence-electron chi connectivity index (χ0n) is 12.3. The molecule has 0 radical (unpaired) electrons. The molecule has 1 heterocycles. The first-order valence-electron chi connectivity index (χ1n) is 8.01. The molecule has 2 nitrogen and oxygen atoms in total. The van der Waals surface area contributed by atoms with Gasteiger partial charge in [-0.25, -0.2) is 0 Å². The van der Waals surface area contributed by atoms with Crippen LogP contribution in [-0.4, -0.2) is 26.3 Å². The van der Waals surface area contributed by atoms with Gasteiger partial charge in [-0.1, -0.05) is 39.5 Å². The van der Waals surface area contributed by atoms with E-state index in [2.05, 4.69) is 19.2 Å². The Morgan fingerprint density at radius 3 is 2.44 bits per heavy atom. The summed E-state index contributed by atoms with van der Waals surface area (Å²) in [5.74, 6) is 1.65. The normalized spacial score (nSPS) is 30.8. The lowest BCUT2D eigenvalue weighted by molar-refractivity contribution is 0.0941. The average Bonchev–Trinajstić information content (AvgIpc) is 2.64. The van der Waals surface area contributed by atoms with Gasteiger partial charge in [0.25, 0.3) is 0 Å². The summed E-state index contributed by atoms with van der Waals surface area (Å²) in [6, 6.07) is 0. The molecule has 0 aromatic heterocycles. The Balaban J connectivity index is 1.91. The summed E-state index contributed by atoms with van der Waals surface area (Å²) >= 11 is 0. The van der Waals surface area contributed by atoms with Crippen molar-refractivity contribution in [2.75, 3.05) is 26.3 Å². The molecule has 1 atom stereocenters. The molecule has 106 valence electrons. The Morgan fingerprint density at radius 1 is 1.17 bits per heavy atom. The maximum Gasteiger partial charge on any atom is 0.0538 e. The average molecular weight is 253 g/mol. The first-order chi connectivity index (χ1) is 8.73. The van der Waals surface area contributed by atoms with Crippen LogP contribution in [0.25, 0.3) is 0 Å². The van der Waals surface area contributed by atoms with Crippen molar-refractivity contribution in [2.45, 2.75) is 58.8 Å². The van der Waals surface area contributed by atoms with E-state index in [9.17, 15) is 0 Å². The molecular formula is C16H31NO. The molecule has 0 aromatic rings. The number of nitrogens with one attached hydrogen (secondary N) is 1. The predicted molar refractivity (Wildman–Crippen MR) is 76.8 cm³/mol. The Kier molecular flexibility index (Phi) is 5.50. The molecule has 18 heavy (non-hydrogen) atoms. The van der Waals surface area contributed by atoms with Crippen molar-refractivity contribution in [3.8, 4) is 0 Å². The van der Waals surface area contributed by atoms with Crippen LogP contribution in [0.15, 0.2) is 0 Å². The van der Waals surface area contributed by atoms with Gasteiger partial charge in [0.1, 0.15) is 0 Å². The summed E-state index contributed by atoms with van der Waals surface area (Å²) in [5.41, 5.74) is 0.458. The van der Waals surface area contributed by atoms with Crippen LogP contribution in [0, 0.1) is 17.3 Å². The summed E-state index contributed by atoms with van der Waals surface area (Å²) in [6.07, 6.45) is 9.94. The number of hydrogen-bond acceptors (Lipinski definition) is 2. The topological polar surface area (TPSA) is 21.3 Å². The molecule has 2 heteroatoms. The molecule has 2 aliphatic rings. The van der Waals surface area contributed by atoms with Gasteiger partial charge < -0.3 is 10.1 Å². The lowest BCUT2D eigenvalue weighted by Crippen LogP contribution is -2.42. The number of rotatable bonds is 5. The predicted octanol–water partition coefficient (Wildman–Crippen LogP) is 3.61. The van der Waals surface area contributed by atoms with Crippen molar-refractivity contribution < 1.29 is 4.74 Å². The Labute approximate surface area is 113 Å². The van der Waals surface area contributed by atoms with Crippen molar-refractivity contribution in [1.29, 1.82) is 0 Å².